The van der Waals surface area contributed by atoms with Crippen LogP contribution in [0.1, 0.15) is 32.7 Å². The lowest BCUT2D eigenvalue weighted by Gasteiger charge is -2.07. The number of rotatable bonds is 4. The Kier molecular flexibility index (Phi) is 4.01. The number of aromatic amines is 1. The van der Waals surface area contributed by atoms with Crippen LogP contribution in [-0.4, -0.2) is 28.8 Å². The summed E-state index contributed by atoms with van der Waals surface area (Å²) in [6, 6.07) is 12.8. The number of hydrogen-bond donors (Lipinski definition) is 2. The van der Waals surface area contributed by atoms with Crippen LogP contribution in [0.3, 0.4) is 0 Å². The van der Waals surface area contributed by atoms with E-state index < -0.39 is 0 Å². The van der Waals surface area contributed by atoms with Gasteiger partial charge in [-0.3, -0.25) is 14.9 Å². The lowest BCUT2D eigenvalue weighted by Crippen LogP contribution is -2.15. The van der Waals surface area contributed by atoms with Crippen LogP contribution in [0.4, 0.5) is 5.95 Å². The lowest BCUT2D eigenvalue weighted by atomic mass is 10.0. The molecule has 1 aliphatic carbocycles. The molecule has 130 valence electrons. The molecule has 6 heteroatoms. The Hall–Kier alpha value is -3.41. The zero-order chi connectivity index (χ0) is 18.1. The number of Topliss-reactive ketones (excluding diaryl/α,β-unsaturated/α-hetero) is 1. The van der Waals surface area contributed by atoms with Gasteiger partial charge in [-0.1, -0.05) is 12.1 Å². The summed E-state index contributed by atoms with van der Waals surface area (Å²) in [6.45, 7) is 0. The lowest BCUT2D eigenvalue weighted by molar-refractivity contribution is 0.0993. The topological polar surface area (TPSA) is 84.1 Å². The molecule has 26 heavy (non-hydrogen) atoms. The average Bonchev–Trinajstić information content (AvgIpc) is 3.29. The van der Waals surface area contributed by atoms with Gasteiger partial charge < -0.3 is 9.72 Å². The Morgan fingerprint density at radius 2 is 1.96 bits per heavy atom. The van der Waals surface area contributed by atoms with Gasteiger partial charge in [0.2, 0.25) is 5.95 Å². The van der Waals surface area contributed by atoms with Crippen molar-refractivity contribution in [3.05, 3.63) is 65.4 Å². The van der Waals surface area contributed by atoms with Crippen molar-refractivity contribution < 1.29 is 14.3 Å². The fourth-order valence-electron chi connectivity index (χ4n) is 3.18. The van der Waals surface area contributed by atoms with E-state index in [1.807, 2.05) is 24.3 Å². The molecule has 0 saturated heterocycles. The first-order chi connectivity index (χ1) is 12.7. The fraction of sp³-hybridized carbons (Fsp3) is 0.150. The number of carbonyl (C=O) groups is 2. The van der Waals surface area contributed by atoms with Crippen LogP contribution in [-0.2, 0) is 6.42 Å². The van der Waals surface area contributed by atoms with Crippen molar-refractivity contribution in [3.8, 4) is 17.0 Å². The van der Waals surface area contributed by atoms with E-state index in [-0.39, 0.29) is 11.7 Å². The Balaban J connectivity index is 1.54. The molecule has 1 aromatic heterocycles. The van der Waals surface area contributed by atoms with Crippen molar-refractivity contribution in [3.63, 3.8) is 0 Å². The van der Waals surface area contributed by atoms with Gasteiger partial charge >= 0.3 is 0 Å². The van der Waals surface area contributed by atoms with E-state index >= 15 is 0 Å². The summed E-state index contributed by atoms with van der Waals surface area (Å²) in [5.74, 6) is 0.957. The molecule has 0 radical (unpaired) electrons. The second-order valence-corrected chi connectivity index (χ2v) is 6.08. The van der Waals surface area contributed by atoms with Crippen LogP contribution in [0.15, 0.2) is 48.7 Å². The maximum absolute atomic E-state index is 12.6. The third kappa shape index (κ3) is 2.86. The number of ether oxygens (including phenoxy) is 1. The van der Waals surface area contributed by atoms with Crippen LogP contribution in [0.25, 0.3) is 11.3 Å². The zero-order valence-electron chi connectivity index (χ0n) is 14.2. The van der Waals surface area contributed by atoms with Crippen molar-refractivity contribution in [2.75, 3.05) is 12.4 Å². The molecular weight excluding hydrogens is 330 g/mol. The molecule has 3 aromatic rings. The second kappa shape index (κ2) is 6.48. The summed E-state index contributed by atoms with van der Waals surface area (Å²) in [6.07, 6.45) is 2.73. The minimum atomic E-state index is -0.271. The minimum absolute atomic E-state index is 0.0921. The number of hydrogen-bond acceptors (Lipinski definition) is 4. The first-order valence-corrected chi connectivity index (χ1v) is 8.31. The molecule has 0 fully saturated rings. The maximum atomic E-state index is 12.6. The number of benzene rings is 2. The molecule has 2 aromatic carbocycles. The number of nitrogens with one attached hydrogen (secondary N) is 2. The largest absolute Gasteiger partial charge is 0.497 e. The van der Waals surface area contributed by atoms with E-state index in [0.29, 0.717) is 29.9 Å². The molecule has 0 saturated carbocycles. The number of nitrogens with zero attached hydrogens (tertiary/aromatic N) is 1. The number of imidazole rings is 1. The Morgan fingerprint density at radius 1 is 1.15 bits per heavy atom. The zero-order valence-corrected chi connectivity index (χ0v) is 14.2. The van der Waals surface area contributed by atoms with Crippen molar-refractivity contribution in [1.29, 1.82) is 0 Å². The maximum Gasteiger partial charge on any atom is 0.258 e. The van der Waals surface area contributed by atoms with Gasteiger partial charge in [0.1, 0.15) is 5.75 Å². The van der Waals surface area contributed by atoms with Gasteiger partial charge in [0.25, 0.3) is 5.91 Å². The number of H-pyrrole nitrogens is 1. The number of ketones is 1. The van der Waals surface area contributed by atoms with Crippen molar-refractivity contribution in [2.24, 2.45) is 0 Å². The second-order valence-electron chi connectivity index (χ2n) is 6.08. The molecule has 4 rings (SSSR count). The van der Waals surface area contributed by atoms with Gasteiger partial charge in [-0.05, 0) is 47.9 Å². The molecular formula is C20H17N3O3. The summed E-state index contributed by atoms with van der Waals surface area (Å²) in [7, 11) is 1.62. The highest BCUT2D eigenvalue weighted by Gasteiger charge is 2.24. The normalized spacial score (nSPS) is 12.7. The highest BCUT2D eigenvalue weighted by atomic mass is 16.5. The number of aromatic nitrogens is 2. The highest BCUT2D eigenvalue weighted by Crippen LogP contribution is 2.26. The van der Waals surface area contributed by atoms with E-state index in [1.54, 1.807) is 31.5 Å². The smallest absolute Gasteiger partial charge is 0.258 e. The third-order valence-electron chi connectivity index (χ3n) is 4.53. The third-order valence-corrected chi connectivity index (χ3v) is 4.53. The van der Waals surface area contributed by atoms with E-state index in [4.69, 9.17) is 4.74 Å². The van der Waals surface area contributed by atoms with Crippen LogP contribution >= 0.6 is 0 Å². The van der Waals surface area contributed by atoms with Crippen LogP contribution in [0, 0.1) is 0 Å². The first kappa shape index (κ1) is 16.1. The molecule has 0 spiro atoms. The van der Waals surface area contributed by atoms with E-state index in [1.165, 1.54) is 0 Å². The molecule has 2 N–H and O–H groups in total. The molecule has 1 heterocycles. The summed E-state index contributed by atoms with van der Waals surface area (Å²) in [4.78, 5) is 31.8. The van der Waals surface area contributed by atoms with Crippen molar-refractivity contribution in [2.45, 2.75) is 12.8 Å². The molecule has 0 atom stereocenters. The van der Waals surface area contributed by atoms with Crippen LogP contribution < -0.4 is 10.1 Å². The quantitative estimate of drug-likeness (QED) is 0.757. The predicted molar refractivity (Wildman–Crippen MR) is 97.6 cm³/mol. The van der Waals surface area contributed by atoms with Crippen molar-refractivity contribution in [1.82, 2.24) is 9.97 Å². The highest BCUT2D eigenvalue weighted by molar-refractivity contribution is 6.09. The summed E-state index contributed by atoms with van der Waals surface area (Å²) in [5.41, 5.74) is 3.71. The summed E-state index contributed by atoms with van der Waals surface area (Å²) >= 11 is 0. The standard InChI is InChI=1S/C20H17N3O3/c1-26-13-7-5-12(6-8-13)17-11-21-20(22-17)23-19(25)16-4-2-3-15-14(16)9-10-18(15)24/h2-8,11H,9-10H2,1H3,(H2,21,22,23,25). The van der Waals surface area contributed by atoms with E-state index in [0.717, 1.165) is 22.6 Å². The molecule has 1 aliphatic rings. The number of amides is 1. The summed E-state index contributed by atoms with van der Waals surface area (Å²) < 4.78 is 5.15. The van der Waals surface area contributed by atoms with Gasteiger partial charge in [0.05, 0.1) is 19.0 Å². The number of anilines is 1. The van der Waals surface area contributed by atoms with Gasteiger partial charge in [-0.15, -0.1) is 0 Å². The van der Waals surface area contributed by atoms with Gasteiger partial charge in [0, 0.05) is 17.5 Å². The molecule has 1 amide bonds. The van der Waals surface area contributed by atoms with E-state index in [2.05, 4.69) is 15.3 Å². The van der Waals surface area contributed by atoms with Crippen molar-refractivity contribution >= 4 is 17.6 Å². The van der Waals surface area contributed by atoms with E-state index in [9.17, 15) is 9.59 Å². The first-order valence-electron chi connectivity index (χ1n) is 8.31. The predicted octanol–water partition coefficient (Wildman–Crippen LogP) is 3.47. The average molecular weight is 347 g/mol. The number of methoxy groups -OCH3 is 1. The molecule has 0 unspecified atom stereocenters. The minimum Gasteiger partial charge on any atom is -0.497 e. The van der Waals surface area contributed by atoms with Gasteiger partial charge in [-0.2, -0.15) is 0 Å². The van der Waals surface area contributed by atoms with Crippen LogP contribution in [0.5, 0.6) is 5.75 Å². The SMILES string of the molecule is COc1ccc(-c2cnc(NC(=O)c3cccc4c3CCC4=O)[nH]2)cc1. The Morgan fingerprint density at radius 3 is 2.73 bits per heavy atom. The van der Waals surface area contributed by atoms with Crippen LogP contribution in [0.2, 0.25) is 0 Å². The number of fused-ring (bicyclic) bond motifs is 1. The van der Waals surface area contributed by atoms with Gasteiger partial charge in [-0.25, -0.2) is 4.98 Å². The molecule has 6 nitrogen and oxygen atoms in total. The number of carbonyl (C=O) groups excluding carboxylic acids is 2. The fourth-order valence-corrected chi connectivity index (χ4v) is 3.18. The Labute approximate surface area is 150 Å². The Bertz CT molecular complexity index is 990. The molecule has 0 bridgehead atoms. The molecule has 0 aliphatic heterocycles. The van der Waals surface area contributed by atoms with Gasteiger partial charge in [0.15, 0.2) is 5.78 Å². The summed E-state index contributed by atoms with van der Waals surface area (Å²) in [5, 5.41) is 2.77. The monoisotopic (exact) mass is 347 g/mol.